The van der Waals surface area contributed by atoms with Gasteiger partial charge < -0.3 is 20.3 Å². The van der Waals surface area contributed by atoms with Crippen LogP contribution in [0.4, 0.5) is 16.4 Å². The van der Waals surface area contributed by atoms with E-state index in [-0.39, 0.29) is 12.1 Å². The standard InChI is InChI=1S/C29H34N6O3S/c1-20-19-38-17-16-35(20)28-32-25(21-8-10-22(11-9-21)30-29(36)31-23-12-13-23)18-26(33-28)24-6-2-3-7-27(24)39(37)34-14-4-5-15-34/h2-3,6-11,18,20,23H,4-5,12-17,19H2,1H3,(H2,30,31,36). The molecule has 0 bridgehead atoms. The molecule has 1 saturated carbocycles. The third kappa shape index (κ3) is 5.98. The Bertz CT molecular complexity index is 1360. The summed E-state index contributed by atoms with van der Waals surface area (Å²) >= 11 is 0. The van der Waals surface area contributed by atoms with Gasteiger partial charge >= 0.3 is 6.03 Å². The largest absolute Gasteiger partial charge is 0.377 e. The van der Waals surface area contributed by atoms with Crippen molar-refractivity contribution in [1.29, 1.82) is 0 Å². The first-order valence-electron chi connectivity index (χ1n) is 13.7. The molecule has 10 heteroatoms. The Hall–Kier alpha value is -3.34. The maximum absolute atomic E-state index is 13.6. The fourth-order valence-electron chi connectivity index (χ4n) is 5.00. The minimum Gasteiger partial charge on any atom is -0.377 e. The number of hydrogen-bond donors (Lipinski definition) is 2. The van der Waals surface area contributed by atoms with Crippen LogP contribution < -0.4 is 15.5 Å². The van der Waals surface area contributed by atoms with E-state index in [9.17, 15) is 9.00 Å². The summed E-state index contributed by atoms with van der Waals surface area (Å²) < 4.78 is 21.3. The Labute approximate surface area is 231 Å². The number of carbonyl (C=O) groups excluding carboxylic acids is 1. The first-order valence-corrected chi connectivity index (χ1v) is 14.8. The molecule has 6 rings (SSSR count). The minimum atomic E-state index is -1.26. The second-order valence-electron chi connectivity index (χ2n) is 10.4. The number of nitrogens with one attached hydrogen (secondary N) is 2. The van der Waals surface area contributed by atoms with Crippen molar-refractivity contribution in [2.45, 2.75) is 49.6 Å². The molecule has 3 heterocycles. The number of rotatable bonds is 7. The van der Waals surface area contributed by atoms with Gasteiger partial charge in [0.2, 0.25) is 5.95 Å². The van der Waals surface area contributed by atoms with Gasteiger partial charge in [-0.25, -0.2) is 23.3 Å². The molecule has 2 aromatic carbocycles. The van der Waals surface area contributed by atoms with Gasteiger partial charge in [0.1, 0.15) is 11.0 Å². The van der Waals surface area contributed by atoms with Crippen LogP contribution in [0.5, 0.6) is 0 Å². The fourth-order valence-corrected chi connectivity index (χ4v) is 6.42. The van der Waals surface area contributed by atoms with E-state index in [1.807, 2.05) is 58.9 Å². The van der Waals surface area contributed by atoms with Gasteiger partial charge in [0.05, 0.1) is 35.5 Å². The van der Waals surface area contributed by atoms with E-state index in [4.69, 9.17) is 14.7 Å². The third-order valence-corrected chi connectivity index (χ3v) is 8.91. The van der Waals surface area contributed by atoms with Gasteiger partial charge in [-0.15, -0.1) is 0 Å². The summed E-state index contributed by atoms with van der Waals surface area (Å²) in [6.07, 6.45) is 4.22. The molecule has 1 aliphatic carbocycles. The van der Waals surface area contributed by atoms with Gasteiger partial charge in [0, 0.05) is 42.5 Å². The SMILES string of the molecule is CC1COCCN1c1nc(-c2ccc(NC(=O)NC3CC3)cc2)cc(-c2ccccc2S(=O)N2CCCC2)n1. The molecule has 0 spiro atoms. The van der Waals surface area contributed by atoms with E-state index in [0.29, 0.717) is 31.7 Å². The van der Waals surface area contributed by atoms with Gasteiger partial charge in [-0.3, -0.25) is 0 Å². The fraction of sp³-hybridized carbons (Fsp3) is 0.414. The van der Waals surface area contributed by atoms with Crippen LogP contribution in [0.25, 0.3) is 22.5 Å². The number of ether oxygens (including phenoxy) is 1. The quantitative estimate of drug-likeness (QED) is 0.455. The van der Waals surface area contributed by atoms with Crippen LogP contribution in [-0.4, -0.2) is 69.4 Å². The van der Waals surface area contributed by atoms with Crippen molar-refractivity contribution < 1.29 is 13.7 Å². The Morgan fingerprint density at radius 3 is 2.49 bits per heavy atom. The Morgan fingerprint density at radius 1 is 1.00 bits per heavy atom. The highest BCUT2D eigenvalue weighted by Crippen LogP contribution is 2.32. The van der Waals surface area contributed by atoms with Crippen molar-refractivity contribution in [3.63, 3.8) is 0 Å². The third-order valence-electron chi connectivity index (χ3n) is 7.34. The molecular formula is C29H34N6O3S. The van der Waals surface area contributed by atoms with Gasteiger partial charge in [0.25, 0.3) is 0 Å². The average molecular weight is 547 g/mol. The lowest BCUT2D eigenvalue weighted by atomic mass is 10.1. The number of anilines is 2. The topological polar surface area (TPSA) is 99.7 Å². The summed E-state index contributed by atoms with van der Waals surface area (Å²) in [6, 6.07) is 17.7. The summed E-state index contributed by atoms with van der Waals surface area (Å²) in [5, 5.41) is 5.84. The first kappa shape index (κ1) is 25.9. The van der Waals surface area contributed by atoms with Gasteiger partial charge in [0.15, 0.2) is 0 Å². The Morgan fingerprint density at radius 2 is 1.74 bits per heavy atom. The molecule has 2 atom stereocenters. The van der Waals surface area contributed by atoms with Crippen molar-refractivity contribution in [1.82, 2.24) is 19.6 Å². The molecule has 39 heavy (non-hydrogen) atoms. The van der Waals surface area contributed by atoms with Crippen LogP contribution in [0.2, 0.25) is 0 Å². The number of aromatic nitrogens is 2. The number of urea groups is 1. The van der Waals surface area contributed by atoms with Crippen LogP contribution in [0.15, 0.2) is 59.5 Å². The molecule has 2 N–H and O–H groups in total. The molecule has 204 valence electrons. The lowest BCUT2D eigenvalue weighted by Gasteiger charge is -2.33. The monoisotopic (exact) mass is 546 g/mol. The predicted molar refractivity (Wildman–Crippen MR) is 153 cm³/mol. The summed E-state index contributed by atoms with van der Waals surface area (Å²) in [5.41, 5.74) is 3.99. The molecule has 9 nitrogen and oxygen atoms in total. The highest BCUT2D eigenvalue weighted by molar-refractivity contribution is 7.82. The van der Waals surface area contributed by atoms with E-state index >= 15 is 0 Å². The molecule has 3 aromatic rings. The van der Waals surface area contributed by atoms with Crippen LogP contribution in [0, 0.1) is 0 Å². The normalized spacial score (nSPS) is 20.5. The minimum absolute atomic E-state index is 0.132. The summed E-state index contributed by atoms with van der Waals surface area (Å²) in [4.78, 5) is 25.1. The molecule has 2 saturated heterocycles. The van der Waals surface area contributed by atoms with Gasteiger partial charge in [-0.05, 0) is 56.9 Å². The average Bonchev–Trinajstić information content (AvgIpc) is 3.60. The van der Waals surface area contributed by atoms with Crippen LogP contribution in [0.1, 0.15) is 32.6 Å². The zero-order chi connectivity index (χ0) is 26.8. The summed E-state index contributed by atoms with van der Waals surface area (Å²) in [5.74, 6) is 0.631. The molecule has 3 aliphatic rings. The second-order valence-corrected chi connectivity index (χ2v) is 11.8. The predicted octanol–water partition coefficient (Wildman–Crippen LogP) is 4.44. The number of benzene rings is 2. The van der Waals surface area contributed by atoms with Crippen molar-refractivity contribution >= 4 is 28.7 Å². The smallest absolute Gasteiger partial charge is 0.319 e. The molecule has 2 aliphatic heterocycles. The van der Waals surface area contributed by atoms with Gasteiger partial charge in [-0.1, -0.05) is 30.3 Å². The molecule has 2 amide bonds. The maximum Gasteiger partial charge on any atom is 0.319 e. The molecule has 1 aromatic heterocycles. The van der Waals surface area contributed by atoms with E-state index in [1.54, 1.807) is 0 Å². The number of amides is 2. The Balaban J connectivity index is 1.36. The maximum atomic E-state index is 13.6. The number of carbonyl (C=O) groups is 1. The lowest BCUT2D eigenvalue weighted by molar-refractivity contribution is 0.0981. The first-order chi connectivity index (χ1) is 19.0. The number of hydrogen-bond acceptors (Lipinski definition) is 6. The second kappa shape index (κ2) is 11.4. The molecular weight excluding hydrogens is 512 g/mol. The Kier molecular flexibility index (Phi) is 7.58. The zero-order valence-electron chi connectivity index (χ0n) is 22.1. The van der Waals surface area contributed by atoms with Crippen molar-refractivity contribution in [2.75, 3.05) is 43.1 Å². The lowest BCUT2D eigenvalue weighted by Crippen LogP contribution is -2.44. The van der Waals surface area contributed by atoms with Crippen LogP contribution in [0.3, 0.4) is 0 Å². The zero-order valence-corrected chi connectivity index (χ0v) is 23.0. The van der Waals surface area contributed by atoms with E-state index < -0.39 is 11.0 Å². The van der Waals surface area contributed by atoms with Crippen molar-refractivity contribution in [2.24, 2.45) is 0 Å². The number of morpholine rings is 1. The highest BCUT2D eigenvalue weighted by Gasteiger charge is 2.26. The van der Waals surface area contributed by atoms with E-state index in [1.165, 1.54) is 0 Å². The molecule has 0 radical (unpaired) electrons. The molecule has 3 fully saturated rings. The van der Waals surface area contributed by atoms with Crippen molar-refractivity contribution in [3.8, 4) is 22.5 Å². The molecule has 2 unspecified atom stereocenters. The number of nitrogens with zero attached hydrogens (tertiary/aromatic N) is 4. The van der Waals surface area contributed by atoms with E-state index in [0.717, 1.165) is 71.9 Å². The van der Waals surface area contributed by atoms with Crippen LogP contribution >= 0.6 is 0 Å². The van der Waals surface area contributed by atoms with Crippen LogP contribution in [-0.2, 0) is 15.7 Å². The highest BCUT2D eigenvalue weighted by atomic mass is 32.2. The van der Waals surface area contributed by atoms with Gasteiger partial charge in [-0.2, -0.15) is 0 Å². The van der Waals surface area contributed by atoms with E-state index in [2.05, 4.69) is 22.5 Å². The van der Waals surface area contributed by atoms with Crippen molar-refractivity contribution in [3.05, 3.63) is 54.6 Å². The summed E-state index contributed by atoms with van der Waals surface area (Å²) in [6.45, 7) is 5.72. The summed E-state index contributed by atoms with van der Waals surface area (Å²) in [7, 11) is -1.26.